The molecular weight excluding hydrogens is 179 g/mol. The minimum Gasteiger partial charge on any atom is -0.316 e. The van der Waals surface area contributed by atoms with Crippen LogP contribution in [-0.4, -0.2) is 23.7 Å². The number of halogens is 1. The zero-order valence-electron chi connectivity index (χ0n) is 8.17. The van der Waals surface area contributed by atoms with E-state index >= 15 is 0 Å². The highest BCUT2D eigenvalue weighted by Gasteiger charge is 2.31. The van der Waals surface area contributed by atoms with Crippen LogP contribution in [0.25, 0.3) is 0 Å². The average molecular weight is 194 g/mol. The van der Waals surface area contributed by atoms with Gasteiger partial charge in [-0.25, -0.2) is 4.39 Å². The second-order valence-electron chi connectivity index (χ2n) is 3.94. The summed E-state index contributed by atoms with van der Waals surface area (Å²) in [5.41, 5.74) is -0.0224. The molecule has 1 aromatic rings. The molecule has 0 aliphatic carbocycles. The summed E-state index contributed by atoms with van der Waals surface area (Å²) in [5.74, 6) is 0. The summed E-state index contributed by atoms with van der Waals surface area (Å²) in [6.07, 6.45) is 5.20. The Kier molecular flexibility index (Phi) is 2.77. The number of piperidine rings is 1. The molecule has 3 heteroatoms. The molecule has 0 amide bonds. The molecule has 0 bridgehead atoms. The van der Waals surface area contributed by atoms with Crippen molar-refractivity contribution in [1.29, 1.82) is 0 Å². The molecule has 0 aromatic carbocycles. The molecule has 14 heavy (non-hydrogen) atoms. The van der Waals surface area contributed by atoms with Crippen LogP contribution in [-0.2, 0) is 6.42 Å². The van der Waals surface area contributed by atoms with Crippen LogP contribution in [0.1, 0.15) is 18.4 Å². The molecule has 1 fully saturated rings. The van der Waals surface area contributed by atoms with Crippen LogP contribution in [0.5, 0.6) is 0 Å². The average Bonchev–Trinajstić information content (AvgIpc) is 2.19. The fourth-order valence-corrected chi connectivity index (χ4v) is 1.92. The van der Waals surface area contributed by atoms with Crippen molar-refractivity contribution in [2.24, 2.45) is 0 Å². The van der Waals surface area contributed by atoms with Crippen LogP contribution in [0.3, 0.4) is 0 Å². The van der Waals surface area contributed by atoms with Gasteiger partial charge in [-0.3, -0.25) is 4.98 Å². The van der Waals surface area contributed by atoms with Gasteiger partial charge in [0, 0.05) is 18.8 Å². The lowest BCUT2D eigenvalue weighted by Crippen LogP contribution is -2.40. The zero-order valence-corrected chi connectivity index (χ0v) is 8.17. The fourth-order valence-electron chi connectivity index (χ4n) is 1.92. The number of aromatic nitrogens is 1. The van der Waals surface area contributed by atoms with E-state index in [2.05, 4.69) is 10.3 Å². The largest absolute Gasteiger partial charge is 0.316 e. The van der Waals surface area contributed by atoms with Gasteiger partial charge in [-0.2, -0.15) is 0 Å². The first kappa shape index (κ1) is 9.59. The minimum atomic E-state index is -1.02. The number of rotatable bonds is 2. The summed E-state index contributed by atoms with van der Waals surface area (Å²) in [7, 11) is 0. The maximum absolute atomic E-state index is 14.2. The van der Waals surface area contributed by atoms with Crippen LogP contribution < -0.4 is 5.32 Å². The van der Waals surface area contributed by atoms with Crippen molar-refractivity contribution in [3.63, 3.8) is 0 Å². The number of pyridine rings is 1. The van der Waals surface area contributed by atoms with Crippen LogP contribution in [0, 0.1) is 0 Å². The van der Waals surface area contributed by atoms with Gasteiger partial charge in [0.1, 0.15) is 5.67 Å². The number of hydrogen-bond acceptors (Lipinski definition) is 2. The zero-order chi connectivity index (χ0) is 9.86. The van der Waals surface area contributed by atoms with Crippen LogP contribution >= 0.6 is 0 Å². The van der Waals surface area contributed by atoms with E-state index in [4.69, 9.17) is 0 Å². The Balaban J connectivity index is 2.02. The fraction of sp³-hybridized carbons (Fsp3) is 0.545. The van der Waals surface area contributed by atoms with E-state index in [1.807, 2.05) is 12.1 Å². The Morgan fingerprint density at radius 1 is 1.43 bits per heavy atom. The third-order valence-corrected chi connectivity index (χ3v) is 2.74. The Morgan fingerprint density at radius 2 is 2.21 bits per heavy atom. The molecule has 2 heterocycles. The first-order chi connectivity index (χ1) is 6.79. The van der Waals surface area contributed by atoms with Crippen LogP contribution in [0.15, 0.2) is 24.5 Å². The molecule has 2 nitrogen and oxygen atoms in total. The van der Waals surface area contributed by atoms with Crippen molar-refractivity contribution in [2.75, 3.05) is 13.1 Å². The molecular formula is C11H15FN2. The minimum absolute atomic E-state index is 0.502. The smallest absolute Gasteiger partial charge is 0.117 e. The summed E-state index contributed by atoms with van der Waals surface area (Å²) in [5, 5.41) is 3.17. The number of hydrogen-bond donors (Lipinski definition) is 1. The summed E-state index contributed by atoms with van der Waals surface area (Å²) in [4.78, 5) is 4.00. The summed E-state index contributed by atoms with van der Waals surface area (Å²) >= 11 is 0. The van der Waals surface area contributed by atoms with Crippen LogP contribution in [0.4, 0.5) is 4.39 Å². The van der Waals surface area contributed by atoms with E-state index in [0.29, 0.717) is 19.3 Å². The van der Waals surface area contributed by atoms with E-state index in [-0.39, 0.29) is 0 Å². The van der Waals surface area contributed by atoms with Gasteiger partial charge in [0.25, 0.3) is 0 Å². The number of alkyl halides is 1. The monoisotopic (exact) mass is 194 g/mol. The number of nitrogens with one attached hydrogen (secondary N) is 1. The van der Waals surface area contributed by atoms with E-state index < -0.39 is 5.67 Å². The van der Waals surface area contributed by atoms with Crippen molar-refractivity contribution in [3.8, 4) is 0 Å². The van der Waals surface area contributed by atoms with E-state index in [0.717, 1.165) is 18.7 Å². The van der Waals surface area contributed by atoms with E-state index in [9.17, 15) is 4.39 Å². The third-order valence-electron chi connectivity index (χ3n) is 2.74. The van der Waals surface area contributed by atoms with Crippen molar-refractivity contribution < 1.29 is 4.39 Å². The molecule has 1 saturated heterocycles. The van der Waals surface area contributed by atoms with Gasteiger partial charge >= 0.3 is 0 Å². The molecule has 76 valence electrons. The second kappa shape index (κ2) is 4.05. The lowest BCUT2D eigenvalue weighted by atomic mass is 9.88. The maximum Gasteiger partial charge on any atom is 0.117 e. The highest BCUT2D eigenvalue weighted by atomic mass is 19.1. The molecule has 1 aliphatic rings. The van der Waals surface area contributed by atoms with Gasteiger partial charge in [0.2, 0.25) is 0 Å². The molecule has 0 spiro atoms. The first-order valence-corrected chi connectivity index (χ1v) is 5.07. The molecule has 1 aromatic heterocycles. The quantitative estimate of drug-likeness (QED) is 0.775. The Morgan fingerprint density at radius 3 is 2.86 bits per heavy atom. The molecule has 0 unspecified atom stereocenters. The summed E-state index contributed by atoms with van der Waals surface area (Å²) < 4.78 is 14.2. The molecule has 0 saturated carbocycles. The van der Waals surface area contributed by atoms with Crippen molar-refractivity contribution in [2.45, 2.75) is 24.9 Å². The van der Waals surface area contributed by atoms with Crippen molar-refractivity contribution in [3.05, 3.63) is 30.1 Å². The van der Waals surface area contributed by atoms with Crippen molar-refractivity contribution in [1.82, 2.24) is 10.3 Å². The normalized spacial score (nSPS) is 20.6. The molecule has 1 aliphatic heterocycles. The highest BCUT2D eigenvalue weighted by Crippen LogP contribution is 2.27. The maximum atomic E-state index is 14.2. The highest BCUT2D eigenvalue weighted by molar-refractivity contribution is 5.12. The van der Waals surface area contributed by atoms with Gasteiger partial charge in [-0.05, 0) is 37.6 Å². The number of nitrogens with zero attached hydrogens (tertiary/aromatic N) is 1. The Labute approximate surface area is 83.6 Å². The van der Waals surface area contributed by atoms with E-state index in [1.165, 1.54) is 0 Å². The SMILES string of the molecule is FC1(Cc2cccnc2)CCNCC1. The molecule has 2 rings (SSSR count). The van der Waals surface area contributed by atoms with Gasteiger partial charge in [-0.1, -0.05) is 6.07 Å². The lowest BCUT2D eigenvalue weighted by molar-refractivity contribution is 0.116. The summed E-state index contributed by atoms with van der Waals surface area (Å²) in [6, 6.07) is 3.80. The second-order valence-corrected chi connectivity index (χ2v) is 3.94. The molecule has 0 atom stereocenters. The standard InChI is InChI=1S/C11H15FN2/c12-11(3-6-13-7-4-11)8-10-2-1-5-14-9-10/h1-2,5,9,13H,3-4,6-8H2. The predicted octanol–water partition coefficient (Wildman–Crippen LogP) is 1.72. The van der Waals surface area contributed by atoms with Gasteiger partial charge in [0.05, 0.1) is 0 Å². The van der Waals surface area contributed by atoms with Crippen LogP contribution in [0.2, 0.25) is 0 Å². The summed E-state index contributed by atoms with van der Waals surface area (Å²) in [6.45, 7) is 1.58. The third kappa shape index (κ3) is 2.29. The van der Waals surface area contributed by atoms with Gasteiger partial charge < -0.3 is 5.32 Å². The molecule has 0 radical (unpaired) electrons. The van der Waals surface area contributed by atoms with E-state index in [1.54, 1.807) is 12.4 Å². The van der Waals surface area contributed by atoms with Crippen molar-refractivity contribution >= 4 is 0 Å². The predicted molar refractivity (Wildman–Crippen MR) is 53.9 cm³/mol. The van der Waals surface area contributed by atoms with Gasteiger partial charge in [0.15, 0.2) is 0 Å². The van der Waals surface area contributed by atoms with Gasteiger partial charge in [-0.15, -0.1) is 0 Å². The topological polar surface area (TPSA) is 24.9 Å². The molecule has 1 N–H and O–H groups in total. The first-order valence-electron chi connectivity index (χ1n) is 5.07. The lowest BCUT2D eigenvalue weighted by Gasteiger charge is -2.29. The Bertz CT molecular complexity index is 281. The Hall–Kier alpha value is -0.960.